The van der Waals surface area contributed by atoms with Gasteiger partial charge in [0.25, 0.3) is 5.91 Å². The van der Waals surface area contributed by atoms with Crippen LogP contribution in [0.1, 0.15) is 30.1 Å². The predicted octanol–water partition coefficient (Wildman–Crippen LogP) is 2.66. The first-order valence-electron chi connectivity index (χ1n) is 5.94. The Morgan fingerprint density at radius 1 is 1.42 bits per heavy atom. The van der Waals surface area contributed by atoms with Crippen LogP contribution in [0.2, 0.25) is 0 Å². The highest BCUT2D eigenvalue weighted by Gasteiger charge is 2.12. The van der Waals surface area contributed by atoms with Gasteiger partial charge in [0.2, 0.25) is 0 Å². The van der Waals surface area contributed by atoms with Crippen LogP contribution in [0.15, 0.2) is 22.7 Å². The Hall–Kier alpha value is -1.43. The van der Waals surface area contributed by atoms with Crippen LogP contribution < -0.4 is 5.32 Å². The van der Waals surface area contributed by atoms with Gasteiger partial charge in [0, 0.05) is 13.0 Å². The van der Waals surface area contributed by atoms with Gasteiger partial charge in [-0.1, -0.05) is 6.07 Å². The molecule has 1 rings (SSSR count). The zero-order valence-electron chi connectivity index (χ0n) is 10.5. The molecule has 19 heavy (non-hydrogen) atoms. The molecule has 0 aliphatic carbocycles. The molecule has 0 saturated carbocycles. The Morgan fingerprint density at radius 3 is 2.84 bits per heavy atom. The molecular weight excluding hydrogens is 317 g/mol. The standard InChI is InChI=1S/C13H15BrFNO3/c1-2-19-11(17)7-4-8-16-13(18)9-5-3-6-10(15)12(9)14/h3,5-6H,2,4,7-8H2,1H3,(H,16,18). The molecular formula is C13H15BrFNO3. The van der Waals surface area contributed by atoms with E-state index in [1.165, 1.54) is 18.2 Å². The lowest BCUT2D eigenvalue weighted by Gasteiger charge is -2.07. The van der Waals surface area contributed by atoms with Crippen molar-refractivity contribution in [2.24, 2.45) is 0 Å². The van der Waals surface area contributed by atoms with Gasteiger partial charge < -0.3 is 10.1 Å². The average Bonchev–Trinajstić information content (AvgIpc) is 2.38. The summed E-state index contributed by atoms with van der Waals surface area (Å²) < 4.78 is 18.1. The molecule has 0 aromatic heterocycles. The number of benzene rings is 1. The van der Waals surface area contributed by atoms with E-state index < -0.39 is 5.82 Å². The number of halogens is 2. The summed E-state index contributed by atoms with van der Waals surface area (Å²) in [7, 11) is 0. The zero-order chi connectivity index (χ0) is 14.3. The number of amides is 1. The number of carbonyl (C=O) groups is 2. The van der Waals surface area contributed by atoms with Gasteiger partial charge in [-0.3, -0.25) is 9.59 Å². The maximum absolute atomic E-state index is 13.2. The third-order valence-corrected chi connectivity index (χ3v) is 3.15. The van der Waals surface area contributed by atoms with Gasteiger partial charge >= 0.3 is 5.97 Å². The number of rotatable bonds is 6. The second-order valence-electron chi connectivity index (χ2n) is 3.77. The third kappa shape index (κ3) is 4.98. The lowest BCUT2D eigenvalue weighted by Crippen LogP contribution is -2.25. The Morgan fingerprint density at radius 2 is 2.16 bits per heavy atom. The molecule has 0 saturated heterocycles. The van der Waals surface area contributed by atoms with Crippen LogP contribution >= 0.6 is 15.9 Å². The van der Waals surface area contributed by atoms with Crippen LogP contribution in [0.3, 0.4) is 0 Å². The molecule has 1 N–H and O–H groups in total. The van der Waals surface area contributed by atoms with Crippen LogP contribution in [-0.2, 0) is 9.53 Å². The summed E-state index contributed by atoms with van der Waals surface area (Å²) >= 11 is 3.02. The summed E-state index contributed by atoms with van der Waals surface area (Å²) in [5, 5.41) is 2.62. The van der Waals surface area contributed by atoms with Crippen LogP contribution in [0.25, 0.3) is 0 Å². The van der Waals surface area contributed by atoms with Gasteiger partial charge in [0.05, 0.1) is 16.6 Å². The lowest BCUT2D eigenvalue weighted by molar-refractivity contribution is -0.143. The summed E-state index contributed by atoms with van der Waals surface area (Å²) in [6.45, 7) is 2.42. The maximum atomic E-state index is 13.2. The Balaban J connectivity index is 2.40. The minimum atomic E-state index is -0.487. The van der Waals surface area contributed by atoms with Gasteiger partial charge in [0.1, 0.15) is 5.82 Å². The van der Waals surface area contributed by atoms with Gasteiger partial charge in [-0.25, -0.2) is 4.39 Å². The molecule has 104 valence electrons. The number of esters is 1. The second kappa shape index (κ2) is 7.89. The molecule has 4 nitrogen and oxygen atoms in total. The summed E-state index contributed by atoms with van der Waals surface area (Å²) in [4.78, 5) is 22.8. The molecule has 0 heterocycles. The van der Waals surface area contributed by atoms with E-state index in [0.717, 1.165) is 0 Å². The highest BCUT2D eigenvalue weighted by Crippen LogP contribution is 2.20. The average molecular weight is 332 g/mol. The molecule has 0 spiro atoms. The highest BCUT2D eigenvalue weighted by molar-refractivity contribution is 9.10. The quantitative estimate of drug-likeness (QED) is 0.644. The molecule has 0 bridgehead atoms. The summed E-state index contributed by atoms with van der Waals surface area (Å²) in [6.07, 6.45) is 0.732. The van der Waals surface area contributed by atoms with Crippen molar-refractivity contribution < 1.29 is 18.7 Å². The highest BCUT2D eigenvalue weighted by atomic mass is 79.9. The number of hydrogen-bond acceptors (Lipinski definition) is 3. The normalized spacial score (nSPS) is 10.1. The van der Waals surface area contributed by atoms with Crippen LogP contribution in [-0.4, -0.2) is 25.0 Å². The first-order chi connectivity index (χ1) is 9.06. The molecule has 0 fully saturated rings. The molecule has 0 radical (unpaired) electrons. The van der Waals surface area contributed by atoms with E-state index >= 15 is 0 Å². The van der Waals surface area contributed by atoms with E-state index in [9.17, 15) is 14.0 Å². The molecule has 1 aromatic carbocycles. The first kappa shape index (κ1) is 15.6. The van der Waals surface area contributed by atoms with Crippen LogP contribution in [0, 0.1) is 5.82 Å². The largest absolute Gasteiger partial charge is 0.466 e. The van der Waals surface area contributed by atoms with Gasteiger partial charge in [-0.15, -0.1) is 0 Å². The van der Waals surface area contributed by atoms with E-state index in [-0.39, 0.29) is 28.3 Å². The minimum absolute atomic E-state index is 0.137. The number of nitrogens with one attached hydrogen (secondary N) is 1. The topological polar surface area (TPSA) is 55.4 Å². The zero-order valence-corrected chi connectivity index (χ0v) is 12.1. The van der Waals surface area contributed by atoms with Gasteiger partial charge in [0.15, 0.2) is 0 Å². The smallest absolute Gasteiger partial charge is 0.305 e. The van der Waals surface area contributed by atoms with Crippen molar-refractivity contribution in [3.8, 4) is 0 Å². The summed E-state index contributed by atoms with van der Waals surface area (Å²) in [5.41, 5.74) is 0.233. The van der Waals surface area contributed by atoms with E-state index in [0.29, 0.717) is 19.6 Å². The molecule has 1 aromatic rings. The number of ether oxygens (including phenoxy) is 1. The fraction of sp³-hybridized carbons (Fsp3) is 0.385. The van der Waals surface area contributed by atoms with Crippen LogP contribution in [0.4, 0.5) is 4.39 Å². The molecule has 0 aliphatic heterocycles. The molecule has 0 unspecified atom stereocenters. The van der Waals surface area contributed by atoms with Crippen molar-refractivity contribution in [3.63, 3.8) is 0 Å². The molecule has 0 aliphatic rings. The van der Waals surface area contributed by atoms with Crippen molar-refractivity contribution >= 4 is 27.8 Å². The number of hydrogen-bond donors (Lipinski definition) is 1. The molecule has 6 heteroatoms. The van der Waals surface area contributed by atoms with E-state index in [2.05, 4.69) is 21.2 Å². The Kier molecular flexibility index (Phi) is 6.49. The van der Waals surface area contributed by atoms with Gasteiger partial charge in [-0.05, 0) is 41.4 Å². The van der Waals surface area contributed by atoms with Gasteiger partial charge in [-0.2, -0.15) is 0 Å². The summed E-state index contributed by atoms with van der Waals surface area (Å²) in [6, 6.07) is 4.25. The third-order valence-electron chi connectivity index (χ3n) is 2.34. The Labute approximate surface area is 119 Å². The fourth-order valence-corrected chi connectivity index (χ4v) is 1.89. The number of carbonyl (C=O) groups excluding carboxylic acids is 2. The first-order valence-corrected chi connectivity index (χ1v) is 6.73. The predicted molar refractivity (Wildman–Crippen MR) is 72.3 cm³/mol. The lowest BCUT2D eigenvalue weighted by atomic mass is 10.2. The monoisotopic (exact) mass is 331 g/mol. The maximum Gasteiger partial charge on any atom is 0.305 e. The molecule has 1 amide bonds. The van der Waals surface area contributed by atoms with Crippen molar-refractivity contribution in [1.29, 1.82) is 0 Å². The molecule has 0 atom stereocenters. The van der Waals surface area contributed by atoms with E-state index in [1.807, 2.05) is 0 Å². The van der Waals surface area contributed by atoms with Crippen molar-refractivity contribution in [3.05, 3.63) is 34.1 Å². The van der Waals surface area contributed by atoms with Crippen LogP contribution in [0.5, 0.6) is 0 Å². The van der Waals surface area contributed by atoms with Crippen molar-refractivity contribution in [2.45, 2.75) is 19.8 Å². The van der Waals surface area contributed by atoms with E-state index in [1.54, 1.807) is 6.92 Å². The second-order valence-corrected chi connectivity index (χ2v) is 4.56. The fourth-order valence-electron chi connectivity index (χ4n) is 1.44. The van der Waals surface area contributed by atoms with Crippen molar-refractivity contribution in [2.75, 3.05) is 13.2 Å². The SMILES string of the molecule is CCOC(=O)CCCNC(=O)c1cccc(F)c1Br. The Bertz CT molecular complexity index is 465. The van der Waals surface area contributed by atoms with Crippen molar-refractivity contribution in [1.82, 2.24) is 5.32 Å². The minimum Gasteiger partial charge on any atom is -0.466 e. The van der Waals surface area contributed by atoms with E-state index in [4.69, 9.17) is 4.74 Å². The summed E-state index contributed by atoms with van der Waals surface area (Å²) in [5.74, 6) is -1.15.